The van der Waals surface area contributed by atoms with Crippen LogP contribution in [0.25, 0.3) is 22.4 Å². The first-order chi connectivity index (χ1) is 16.5. The zero-order chi connectivity index (χ0) is 24.1. The summed E-state index contributed by atoms with van der Waals surface area (Å²) in [7, 11) is 0. The molecule has 0 unspecified atom stereocenters. The fraction of sp³-hybridized carbons (Fsp3) is 0.111. The van der Waals surface area contributed by atoms with E-state index in [0.717, 1.165) is 32.8 Å². The van der Waals surface area contributed by atoms with Crippen LogP contribution in [0, 0.1) is 36.5 Å². The molecule has 0 fully saturated rings. The summed E-state index contributed by atoms with van der Waals surface area (Å²) in [5.74, 6) is -0.186. The van der Waals surface area contributed by atoms with E-state index in [-0.39, 0.29) is 11.7 Å². The number of nitrogens with zero attached hydrogens (tertiary/aromatic N) is 3. The van der Waals surface area contributed by atoms with E-state index >= 15 is 0 Å². The Kier molecular flexibility index (Phi) is 7.08. The van der Waals surface area contributed by atoms with Crippen molar-refractivity contribution in [3.05, 3.63) is 88.3 Å². The van der Waals surface area contributed by atoms with Crippen LogP contribution in [0.2, 0.25) is 0 Å². The fourth-order valence-corrected chi connectivity index (χ4v) is 5.31. The number of aryl methyl sites for hydroxylation is 1. The van der Waals surface area contributed by atoms with Crippen molar-refractivity contribution in [3.63, 3.8) is 0 Å². The zero-order valence-corrected chi connectivity index (χ0v) is 20.3. The summed E-state index contributed by atoms with van der Waals surface area (Å²) in [6, 6.07) is 25.8. The number of nitriles is 2. The number of benzene rings is 2. The molecule has 2 aromatic carbocycles. The average Bonchev–Trinajstić information content (AvgIpc) is 3.14. The highest BCUT2D eigenvalue weighted by Crippen LogP contribution is 2.35. The maximum atomic E-state index is 12.7. The lowest BCUT2D eigenvalue weighted by molar-refractivity contribution is -0.113. The van der Waals surface area contributed by atoms with Gasteiger partial charge in [0.15, 0.2) is 0 Å². The van der Waals surface area contributed by atoms with Gasteiger partial charge in [0, 0.05) is 16.0 Å². The van der Waals surface area contributed by atoms with Gasteiger partial charge in [-0.15, -0.1) is 11.3 Å². The van der Waals surface area contributed by atoms with E-state index in [2.05, 4.69) is 17.5 Å². The molecule has 0 atom stereocenters. The summed E-state index contributed by atoms with van der Waals surface area (Å²) in [6.07, 6.45) is 0. The maximum absolute atomic E-state index is 12.7. The smallest absolute Gasteiger partial charge is 0.235 e. The number of rotatable bonds is 6. The maximum Gasteiger partial charge on any atom is 0.235 e. The Labute approximate surface area is 206 Å². The van der Waals surface area contributed by atoms with E-state index in [9.17, 15) is 15.3 Å². The Morgan fingerprint density at radius 1 is 0.971 bits per heavy atom. The highest BCUT2D eigenvalue weighted by atomic mass is 32.2. The number of hydrogen-bond donors (Lipinski definition) is 1. The normalized spacial score (nSPS) is 10.4. The molecule has 0 aliphatic carbocycles. The van der Waals surface area contributed by atoms with E-state index < -0.39 is 0 Å². The average molecular weight is 481 g/mol. The van der Waals surface area contributed by atoms with Crippen LogP contribution in [0.15, 0.2) is 71.8 Å². The minimum Gasteiger partial charge on any atom is -0.316 e. The molecule has 0 spiro atoms. The number of nitrogens with one attached hydrogen (secondary N) is 1. The molecule has 0 radical (unpaired) electrons. The second-order valence-electron chi connectivity index (χ2n) is 7.52. The number of carbonyl (C=O) groups excluding carboxylic acids is 1. The molecule has 4 aromatic rings. The number of aromatic nitrogens is 1. The minimum atomic E-state index is -0.250. The van der Waals surface area contributed by atoms with Gasteiger partial charge in [0.1, 0.15) is 22.2 Å². The van der Waals surface area contributed by atoms with Gasteiger partial charge in [-0.2, -0.15) is 10.5 Å². The van der Waals surface area contributed by atoms with Crippen LogP contribution in [0.5, 0.6) is 0 Å². The molecule has 1 N–H and O–H groups in total. The minimum absolute atomic E-state index is 0.0645. The molecule has 0 bridgehead atoms. The van der Waals surface area contributed by atoms with Crippen molar-refractivity contribution in [3.8, 4) is 34.5 Å². The fourth-order valence-electron chi connectivity index (χ4n) is 3.48. The summed E-state index contributed by atoms with van der Waals surface area (Å²) in [6.45, 7) is 3.80. The molecule has 0 saturated heterocycles. The van der Waals surface area contributed by atoms with Crippen LogP contribution >= 0.6 is 23.1 Å². The second kappa shape index (κ2) is 10.4. The molecule has 34 heavy (non-hydrogen) atoms. The predicted molar refractivity (Wildman–Crippen MR) is 138 cm³/mol. The summed E-state index contributed by atoms with van der Waals surface area (Å²) in [4.78, 5) is 18.5. The van der Waals surface area contributed by atoms with Crippen molar-refractivity contribution in [1.82, 2.24) is 4.98 Å². The third-order valence-corrected chi connectivity index (χ3v) is 7.44. The Balaban J connectivity index is 1.67. The first-order valence-corrected chi connectivity index (χ1v) is 12.3. The lowest BCUT2D eigenvalue weighted by Gasteiger charge is -2.12. The number of anilines is 1. The van der Waals surface area contributed by atoms with Crippen molar-refractivity contribution >= 4 is 34.0 Å². The quantitative estimate of drug-likeness (QED) is 0.315. The lowest BCUT2D eigenvalue weighted by atomic mass is 9.99. The van der Waals surface area contributed by atoms with Crippen LogP contribution in [-0.4, -0.2) is 16.6 Å². The largest absolute Gasteiger partial charge is 0.316 e. The molecule has 4 rings (SSSR count). The molecule has 5 nitrogen and oxygen atoms in total. The van der Waals surface area contributed by atoms with Crippen LogP contribution in [0.3, 0.4) is 0 Å². The molecule has 0 saturated carbocycles. The summed E-state index contributed by atoms with van der Waals surface area (Å²) >= 11 is 2.61. The molecular weight excluding hydrogens is 460 g/mol. The van der Waals surface area contributed by atoms with E-state index in [0.29, 0.717) is 21.2 Å². The molecule has 1 amide bonds. The van der Waals surface area contributed by atoms with Gasteiger partial charge in [-0.05, 0) is 31.0 Å². The topological polar surface area (TPSA) is 89.6 Å². The van der Waals surface area contributed by atoms with Gasteiger partial charge >= 0.3 is 0 Å². The summed E-state index contributed by atoms with van der Waals surface area (Å²) in [5, 5.41) is 23.3. The molecule has 7 heteroatoms. The summed E-state index contributed by atoms with van der Waals surface area (Å²) in [5.41, 5.74) is 5.16. The second-order valence-corrected chi connectivity index (χ2v) is 9.70. The number of hydrogen-bond acceptors (Lipinski definition) is 6. The van der Waals surface area contributed by atoms with Crippen LogP contribution in [0.4, 0.5) is 5.00 Å². The Bertz CT molecular complexity index is 1430. The lowest BCUT2D eigenvalue weighted by Crippen LogP contribution is -2.14. The van der Waals surface area contributed by atoms with Crippen molar-refractivity contribution in [2.24, 2.45) is 0 Å². The van der Waals surface area contributed by atoms with Gasteiger partial charge in [0.25, 0.3) is 0 Å². The van der Waals surface area contributed by atoms with Crippen LogP contribution in [0.1, 0.15) is 21.6 Å². The molecule has 2 aromatic heterocycles. The van der Waals surface area contributed by atoms with Crippen molar-refractivity contribution in [2.75, 3.05) is 11.1 Å². The first-order valence-electron chi connectivity index (χ1n) is 10.5. The number of amides is 1. The molecule has 166 valence electrons. The number of thiophene rings is 1. The third kappa shape index (κ3) is 4.87. The number of carbonyl (C=O) groups is 1. The highest BCUT2D eigenvalue weighted by molar-refractivity contribution is 8.00. The van der Waals surface area contributed by atoms with Gasteiger partial charge < -0.3 is 5.32 Å². The molecular formula is C27H20N4OS2. The zero-order valence-electron chi connectivity index (χ0n) is 18.6. The van der Waals surface area contributed by atoms with Gasteiger partial charge in [-0.25, -0.2) is 4.98 Å². The Morgan fingerprint density at radius 2 is 1.59 bits per heavy atom. The Morgan fingerprint density at radius 3 is 2.21 bits per heavy atom. The van der Waals surface area contributed by atoms with Gasteiger partial charge in [0.2, 0.25) is 5.91 Å². The van der Waals surface area contributed by atoms with Crippen LogP contribution in [-0.2, 0) is 4.79 Å². The van der Waals surface area contributed by atoms with Gasteiger partial charge in [-0.1, -0.05) is 72.4 Å². The van der Waals surface area contributed by atoms with Crippen LogP contribution < -0.4 is 5.32 Å². The van der Waals surface area contributed by atoms with Gasteiger partial charge in [-0.3, -0.25) is 4.79 Å². The Hall–Kier alpha value is -3.91. The molecule has 0 aliphatic heterocycles. The van der Waals surface area contributed by atoms with E-state index in [1.54, 1.807) is 0 Å². The third-order valence-electron chi connectivity index (χ3n) is 5.34. The standard InChI is InChI=1S/C27H20N4OS2/c1-17-18(2)34-27(22(17)14-28)31-25(32)16-33-26-23(15-29)21(19-9-5-3-6-10-19)13-24(30-26)20-11-7-4-8-12-20/h3-13H,16H2,1-2H3,(H,31,32). The van der Waals surface area contributed by atoms with Gasteiger partial charge in [0.05, 0.1) is 22.6 Å². The van der Waals surface area contributed by atoms with Crippen molar-refractivity contribution in [1.29, 1.82) is 10.5 Å². The monoisotopic (exact) mass is 480 g/mol. The van der Waals surface area contributed by atoms with E-state index in [1.165, 1.54) is 23.1 Å². The van der Waals surface area contributed by atoms with E-state index in [1.807, 2.05) is 80.6 Å². The SMILES string of the molecule is Cc1sc(NC(=O)CSc2nc(-c3ccccc3)cc(-c3ccccc3)c2C#N)c(C#N)c1C. The predicted octanol–water partition coefficient (Wildman–Crippen LogP) is 6.57. The van der Waals surface area contributed by atoms with Crippen molar-refractivity contribution in [2.45, 2.75) is 18.9 Å². The number of pyridine rings is 1. The summed E-state index contributed by atoms with van der Waals surface area (Å²) < 4.78 is 0. The number of thioether (sulfide) groups is 1. The molecule has 2 heterocycles. The first kappa shape index (κ1) is 23.3. The van der Waals surface area contributed by atoms with Crippen molar-refractivity contribution < 1.29 is 4.79 Å². The molecule has 0 aliphatic rings. The highest BCUT2D eigenvalue weighted by Gasteiger charge is 2.18. The van der Waals surface area contributed by atoms with E-state index in [4.69, 9.17) is 4.98 Å².